The zero-order valence-corrected chi connectivity index (χ0v) is 13.4. The molecule has 1 fully saturated rings. The predicted octanol–water partition coefficient (Wildman–Crippen LogP) is 4.40. The average Bonchev–Trinajstić information content (AvgIpc) is 2.89. The summed E-state index contributed by atoms with van der Waals surface area (Å²) in [6.45, 7) is 7.02. The monoisotopic (exact) mass is 292 g/mol. The Kier molecular flexibility index (Phi) is 3.42. The molecule has 2 aromatic rings. The van der Waals surface area contributed by atoms with Gasteiger partial charge in [-0.05, 0) is 44.0 Å². The van der Waals surface area contributed by atoms with Crippen LogP contribution in [-0.2, 0) is 0 Å². The van der Waals surface area contributed by atoms with Crippen LogP contribution in [-0.4, -0.2) is 30.1 Å². The summed E-state index contributed by atoms with van der Waals surface area (Å²) in [7, 11) is 0. The van der Waals surface area contributed by atoms with Gasteiger partial charge in [-0.1, -0.05) is 36.4 Å². The fraction of sp³-hybridized carbons (Fsp3) is 0.400. The first kappa shape index (κ1) is 13.8. The first-order chi connectivity index (χ1) is 10.8. The van der Waals surface area contributed by atoms with E-state index in [-0.39, 0.29) is 0 Å². The summed E-state index contributed by atoms with van der Waals surface area (Å²) < 4.78 is 0. The molecule has 0 N–H and O–H groups in total. The van der Waals surface area contributed by atoms with Gasteiger partial charge < -0.3 is 9.80 Å². The molecule has 0 unspecified atom stereocenters. The van der Waals surface area contributed by atoms with Crippen molar-refractivity contribution in [1.29, 1.82) is 0 Å². The van der Waals surface area contributed by atoms with Crippen LogP contribution in [0.2, 0.25) is 0 Å². The van der Waals surface area contributed by atoms with Gasteiger partial charge in [0.15, 0.2) is 0 Å². The Labute approximate surface area is 133 Å². The number of benzene rings is 2. The van der Waals surface area contributed by atoms with Gasteiger partial charge in [-0.15, -0.1) is 0 Å². The van der Waals surface area contributed by atoms with Gasteiger partial charge in [-0.25, -0.2) is 0 Å². The van der Waals surface area contributed by atoms with Gasteiger partial charge in [0.05, 0.1) is 0 Å². The van der Waals surface area contributed by atoms with Crippen LogP contribution in [0, 0.1) is 0 Å². The van der Waals surface area contributed by atoms with Gasteiger partial charge in [0, 0.05) is 42.5 Å². The van der Waals surface area contributed by atoms with Gasteiger partial charge >= 0.3 is 0 Å². The number of hydrogen-bond acceptors (Lipinski definition) is 2. The highest BCUT2D eigenvalue weighted by molar-refractivity contribution is 5.72. The lowest BCUT2D eigenvalue weighted by atomic mass is 9.88. The largest absolute Gasteiger partial charge is 0.337 e. The summed E-state index contributed by atoms with van der Waals surface area (Å²) in [5, 5.41) is 0. The molecule has 0 bridgehead atoms. The Hall–Kier alpha value is -1.80. The number of likely N-dealkylation sites (tertiary alicyclic amines) is 1. The number of rotatable bonds is 2. The zero-order chi connectivity index (χ0) is 15.1. The van der Waals surface area contributed by atoms with E-state index in [9.17, 15) is 0 Å². The molecule has 2 aliphatic heterocycles. The highest BCUT2D eigenvalue weighted by Crippen LogP contribution is 2.48. The van der Waals surface area contributed by atoms with Crippen molar-refractivity contribution in [3.05, 3.63) is 60.2 Å². The van der Waals surface area contributed by atoms with Crippen LogP contribution in [0.15, 0.2) is 54.6 Å². The Morgan fingerprint density at radius 1 is 0.955 bits per heavy atom. The van der Waals surface area contributed by atoms with E-state index in [1.807, 2.05) is 0 Å². The van der Waals surface area contributed by atoms with Gasteiger partial charge in [-0.3, -0.25) is 0 Å². The first-order valence-corrected chi connectivity index (χ1v) is 8.43. The van der Waals surface area contributed by atoms with E-state index in [2.05, 4.69) is 78.2 Å². The van der Waals surface area contributed by atoms with Crippen LogP contribution in [0.1, 0.15) is 31.7 Å². The van der Waals surface area contributed by atoms with Gasteiger partial charge in [0.1, 0.15) is 0 Å². The van der Waals surface area contributed by atoms with Crippen LogP contribution in [0.25, 0.3) is 0 Å². The fourth-order valence-corrected chi connectivity index (χ4v) is 4.17. The van der Waals surface area contributed by atoms with Crippen LogP contribution >= 0.6 is 0 Å². The minimum atomic E-state index is 0.606. The van der Waals surface area contributed by atoms with Crippen molar-refractivity contribution >= 4 is 11.4 Å². The van der Waals surface area contributed by atoms with Crippen molar-refractivity contribution in [2.24, 2.45) is 0 Å². The van der Waals surface area contributed by atoms with E-state index >= 15 is 0 Å². The molecule has 2 nitrogen and oxygen atoms in total. The summed E-state index contributed by atoms with van der Waals surface area (Å²) in [6.07, 6.45) is 1.24. The molecule has 0 amide bonds. The molecule has 4 rings (SSSR count). The van der Waals surface area contributed by atoms with Gasteiger partial charge in [-0.2, -0.15) is 0 Å². The third kappa shape index (κ3) is 2.14. The second kappa shape index (κ2) is 5.44. The molecule has 2 heterocycles. The van der Waals surface area contributed by atoms with E-state index < -0.39 is 0 Å². The number of anilines is 2. The summed E-state index contributed by atoms with van der Waals surface area (Å²) in [4.78, 5) is 5.21. The lowest BCUT2D eigenvalue weighted by Gasteiger charge is -2.40. The fourth-order valence-electron chi connectivity index (χ4n) is 4.17. The van der Waals surface area contributed by atoms with E-state index in [4.69, 9.17) is 0 Å². The van der Waals surface area contributed by atoms with Crippen molar-refractivity contribution in [3.63, 3.8) is 0 Å². The minimum Gasteiger partial charge on any atom is -0.337 e. The molecule has 114 valence electrons. The van der Waals surface area contributed by atoms with Crippen molar-refractivity contribution in [2.75, 3.05) is 18.0 Å². The Morgan fingerprint density at radius 2 is 1.68 bits per heavy atom. The number of para-hydroxylation sites is 2. The SMILES string of the molecule is CC(C)N1CC[C@@H]2[C@@H](C1)c1ccccc1N2c1ccccc1. The van der Waals surface area contributed by atoms with Crippen LogP contribution in [0.5, 0.6) is 0 Å². The lowest BCUT2D eigenvalue weighted by Crippen LogP contribution is -2.47. The van der Waals surface area contributed by atoms with Crippen molar-refractivity contribution in [2.45, 2.75) is 38.3 Å². The van der Waals surface area contributed by atoms with Crippen molar-refractivity contribution < 1.29 is 0 Å². The first-order valence-electron chi connectivity index (χ1n) is 8.43. The van der Waals surface area contributed by atoms with Gasteiger partial charge in [0.2, 0.25) is 0 Å². The maximum Gasteiger partial charge on any atom is 0.0450 e. The summed E-state index contributed by atoms with van der Waals surface area (Å²) in [5.74, 6) is 0.632. The molecule has 0 aromatic heterocycles. The summed E-state index contributed by atoms with van der Waals surface area (Å²) >= 11 is 0. The maximum atomic E-state index is 2.63. The standard InChI is InChI=1S/C20H24N2/c1-15(2)21-13-12-20-18(14-21)17-10-6-7-11-19(17)22(20)16-8-4-3-5-9-16/h3-11,15,18,20H,12-14H2,1-2H3/t18-,20+/m0/s1. The van der Waals surface area contributed by atoms with Crippen molar-refractivity contribution in [1.82, 2.24) is 4.90 Å². The minimum absolute atomic E-state index is 0.606. The van der Waals surface area contributed by atoms with E-state index in [1.54, 1.807) is 0 Å². The average molecular weight is 292 g/mol. The number of hydrogen-bond donors (Lipinski definition) is 0. The summed E-state index contributed by atoms with van der Waals surface area (Å²) in [6, 6.07) is 21.1. The molecule has 0 radical (unpaired) electrons. The number of fused-ring (bicyclic) bond motifs is 3. The molecule has 2 aromatic carbocycles. The van der Waals surface area contributed by atoms with E-state index in [1.165, 1.54) is 36.4 Å². The second-order valence-electron chi connectivity index (χ2n) is 6.82. The lowest BCUT2D eigenvalue weighted by molar-refractivity contribution is 0.159. The molecule has 22 heavy (non-hydrogen) atoms. The Bertz CT molecular complexity index is 650. The molecule has 0 saturated carbocycles. The second-order valence-corrected chi connectivity index (χ2v) is 6.82. The summed E-state index contributed by atoms with van der Waals surface area (Å²) in [5.41, 5.74) is 4.27. The highest BCUT2D eigenvalue weighted by atomic mass is 15.2. The number of nitrogens with zero attached hydrogens (tertiary/aromatic N) is 2. The van der Waals surface area contributed by atoms with E-state index in [0.717, 1.165) is 0 Å². The third-order valence-corrected chi connectivity index (χ3v) is 5.30. The van der Waals surface area contributed by atoms with Crippen LogP contribution < -0.4 is 4.90 Å². The molecule has 0 aliphatic carbocycles. The molecular weight excluding hydrogens is 268 g/mol. The third-order valence-electron chi connectivity index (χ3n) is 5.30. The molecular formula is C20H24N2. The predicted molar refractivity (Wildman–Crippen MR) is 92.9 cm³/mol. The maximum absolute atomic E-state index is 2.63. The molecule has 1 saturated heterocycles. The molecule has 0 spiro atoms. The molecule has 2 atom stereocenters. The smallest absolute Gasteiger partial charge is 0.0450 e. The number of piperidine rings is 1. The highest BCUT2D eigenvalue weighted by Gasteiger charge is 2.42. The zero-order valence-electron chi connectivity index (χ0n) is 13.4. The quantitative estimate of drug-likeness (QED) is 0.809. The Balaban J connectivity index is 1.76. The Morgan fingerprint density at radius 3 is 2.45 bits per heavy atom. The van der Waals surface area contributed by atoms with Crippen LogP contribution in [0.4, 0.5) is 11.4 Å². The molecule has 2 heteroatoms. The normalized spacial score (nSPS) is 24.4. The topological polar surface area (TPSA) is 6.48 Å². The molecule has 2 aliphatic rings. The van der Waals surface area contributed by atoms with Gasteiger partial charge in [0.25, 0.3) is 0 Å². The van der Waals surface area contributed by atoms with E-state index in [0.29, 0.717) is 18.0 Å². The van der Waals surface area contributed by atoms with Crippen molar-refractivity contribution in [3.8, 4) is 0 Å². The van der Waals surface area contributed by atoms with Crippen LogP contribution in [0.3, 0.4) is 0 Å².